The van der Waals surface area contributed by atoms with E-state index >= 15 is 0 Å². The fourth-order valence-electron chi connectivity index (χ4n) is 2.83. The highest BCUT2D eigenvalue weighted by Crippen LogP contribution is 2.30. The lowest BCUT2D eigenvalue weighted by molar-refractivity contribution is 1.17. The molecule has 0 unspecified atom stereocenters. The van der Waals surface area contributed by atoms with Crippen molar-refractivity contribution >= 4 is 22.7 Å². The number of benzene rings is 1. The van der Waals surface area contributed by atoms with Gasteiger partial charge in [0, 0.05) is 51.7 Å². The number of fused-ring (bicyclic) bond motifs is 1. The van der Waals surface area contributed by atoms with Gasteiger partial charge in [-0.1, -0.05) is 6.92 Å². The minimum absolute atomic E-state index is 0.723. The third-order valence-electron chi connectivity index (χ3n) is 4.07. The van der Waals surface area contributed by atoms with Crippen LogP contribution in [0.4, 0.5) is 0 Å². The number of hydrogen-bond donors (Lipinski definition) is 1. The summed E-state index contributed by atoms with van der Waals surface area (Å²) in [7, 11) is 0. The van der Waals surface area contributed by atoms with Crippen LogP contribution in [-0.4, -0.2) is 25.7 Å². The van der Waals surface area contributed by atoms with E-state index in [0.29, 0.717) is 0 Å². The van der Waals surface area contributed by atoms with E-state index in [4.69, 9.17) is 0 Å². The maximum atomic E-state index is 4.58. The lowest BCUT2D eigenvalue weighted by atomic mass is 10.1. The van der Waals surface area contributed by atoms with Crippen LogP contribution >= 0.6 is 11.8 Å². The van der Waals surface area contributed by atoms with E-state index < -0.39 is 0 Å². The van der Waals surface area contributed by atoms with Crippen LogP contribution in [0.1, 0.15) is 12.5 Å². The second kappa shape index (κ2) is 6.69. The van der Waals surface area contributed by atoms with Crippen molar-refractivity contribution in [3.8, 4) is 22.6 Å². The maximum Gasteiger partial charge on any atom is 0.161 e. The van der Waals surface area contributed by atoms with Crippen molar-refractivity contribution in [3.05, 3.63) is 60.7 Å². The third-order valence-corrected chi connectivity index (χ3v) is 4.94. The van der Waals surface area contributed by atoms with Gasteiger partial charge in [0.05, 0.1) is 5.69 Å². The quantitative estimate of drug-likeness (QED) is 0.522. The zero-order valence-electron chi connectivity index (χ0n) is 14.2. The van der Waals surface area contributed by atoms with Gasteiger partial charge in [0.25, 0.3) is 0 Å². The number of pyridine rings is 1. The number of aromatic amines is 1. The highest BCUT2D eigenvalue weighted by molar-refractivity contribution is 7.99. The Bertz CT molecular complexity index is 1020. The number of nitrogens with one attached hydrogen (secondary N) is 1. The summed E-state index contributed by atoms with van der Waals surface area (Å²) >= 11 is 1.84. The van der Waals surface area contributed by atoms with Crippen molar-refractivity contribution in [2.24, 2.45) is 0 Å². The van der Waals surface area contributed by atoms with Crippen molar-refractivity contribution in [1.82, 2.24) is 19.9 Å². The molecule has 4 aromatic rings. The second-order valence-corrected chi connectivity index (χ2v) is 7.19. The molecule has 5 heteroatoms. The van der Waals surface area contributed by atoms with Crippen molar-refractivity contribution in [2.45, 2.75) is 18.7 Å². The molecule has 0 aliphatic carbocycles. The predicted molar refractivity (Wildman–Crippen MR) is 104 cm³/mol. The van der Waals surface area contributed by atoms with Crippen molar-refractivity contribution in [1.29, 1.82) is 0 Å². The lowest BCUT2D eigenvalue weighted by Gasteiger charge is -2.04. The molecular formula is C20H18N4S. The van der Waals surface area contributed by atoms with E-state index in [1.165, 1.54) is 10.5 Å². The Kier molecular flexibility index (Phi) is 4.24. The Morgan fingerprint density at radius 2 is 1.88 bits per heavy atom. The summed E-state index contributed by atoms with van der Waals surface area (Å²) < 4.78 is 0. The molecule has 1 aromatic carbocycles. The van der Waals surface area contributed by atoms with Gasteiger partial charge >= 0.3 is 0 Å². The highest BCUT2D eigenvalue weighted by Gasteiger charge is 2.10. The van der Waals surface area contributed by atoms with Crippen molar-refractivity contribution < 1.29 is 0 Å². The summed E-state index contributed by atoms with van der Waals surface area (Å²) in [5.41, 5.74) is 5.12. The number of nitrogens with zero attached hydrogens (tertiary/aromatic N) is 3. The van der Waals surface area contributed by atoms with Gasteiger partial charge in [0.15, 0.2) is 5.82 Å². The first-order valence-electron chi connectivity index (χ1n) is 8.24. The topological polar surface area (TPSA) is 54.5 Å². The molecule has 0 spiro atoms. The van der Waals surface area contributed by atoms with Gasteiger partial charge in [-0.05, 0) is 48.6 Å². The summed E-state index contributed by atoms with van der Waals surface area (Å²) in [6, 6.07) is 10.5. The van der Waals surface area contributed by atoms with E-state index in [1.807, 2.05) is 48.7 Å². The van der Waals surface area contributed by atoms with Crippen LogP contribution in [0, 0.1) is 6.92 Å². The Labute approximate surface area is 150 Å². The summed E-state index contributed by atoms with van der Waals surface area (Å²) in [5, 5.41) is 1.15. The molecule has 0 fully saturated rings. The van der Waals surface area contributed by atoms with Gasteiger partial charge < -0.3 is 4.98 Å². The van der Waals surface area contributed by atoms with Crippen LogP contribution in [0.25, 0.3) is 33.5 Å². The maximum absolute atomic E-state index is 4.58. The number of H-pyrrole nitrogens is 1. The van der Waals surface area contributed by atoms with Gasteiger partial charge in [0.1, 0.15) is 0 Å². The number of rotatable bonds is 4. The van der Waals surface area contributed by atoms with Crippen molar-refractivity contribution in [3.63, 3.8) is 0 Å². The molecule has 0 saturated heterocycles. The Hall–Kier alpha value is -2.66. The first-order valence-corrected chi connectivity index (χ1v) is 9.22. The zero-order chi connectivity index (χ0) is 17.2. The first-order chi connectivity index (χ1) is 12.2. The number of aromatic nitrogens is 4. The Morgan fingerprint density at radius 1 is 1.04 bits per heavy atom. The minimum Gasteiger partial charge on any atom is -0.360 e. The highest BCUT2D eigenvalue weighted by atomic mass is 32.2. The second-order valence-electron chi connectivity index (χ2n) is 5.86. The van der Waals surface area contributed by atoms with E-state index in [9.17, 15) is 0 Å². The summed E-state index contributed by atoms with van der Waals surface area (Å²) in [4.78, 5) is 18.1. The van der Waals surface area contributed by atoms with E-state index in [0.717, 1.165) is 39.3 Å². The molecule has 1 N–H and O–H groups in total. The van der Waals surface area contributed by atoms with Gasteiger partial charge in [-0.3, -0.25) is 4.98 Å². The first kappa shape index (κ1) is 15.8. The van der Waals surface area contributed by atoms with E-state index in [-0.39, 0.29) is 0 Å². The molecule has 124 valence electrons. The summed E-state index contributed by atoms with van der Waals surface area (Å²) in [6.07, 6.45) is 7.47. The monoisotopic (exact) mass is 346 g/mol. The van der Waals surface area contributed by atoms with Gasteiger partial charge in [-0.25, -0.2) is 9.97 Å². The minimum atomic E-state index is 0.723. The van der Waals surface area contributed by atoms with Gasteiger partial charge in [-0.15, -0.1) is 11.8 Å². The molecule has 0 radical (unpaired) electrons. The van der Waals surface area contributed by atoms with Crippen LogP contribution in [0.3, 0.4) is 0 Å². The normalized spacial score (nSPS) is 11.1. The zero-order valence-corrected chi connectivity index (χ0v) is 15.0. The van der Waals surface area contributed by atoms with Crippen LogP contribution in [0.5, 0.6) is 0 Å². The molecule has 4 rings (SSSR count). The Morgan fingerprint density at radius 3 is 2.64 bits per heavy atom. The fourth-order valence-corrected chi connectivity index (χ4v) is 3.53. The Balaban J connectivity index is 1.72. The van der Waals surface area contributed by atoms with Gasteiger partial charge in [0.2, 0.25) is 0 Å². The fraction of sp³-hybridized carbons (Fsp3) is 0.150. The smallest absolute Gasteiger partial charge is 0.161 e. The standard InChI is InChI=1S/C20H18N4S/c1-3-25-15-4-5-18-16(9-15)17(12-22-18)20-23-10-14(11-24-20)19-8-13(2)6-7-21-19/h4-12,22H,3H2,1-2H3. The predicted octanol–water partition coefficient (Wildman–Crippen LogP) is 5.11. The number of hydrogen-bond acceptors (Lipinski definition) is 4. The average Bonchev–Trinajstić information content (AvgIpc) is 3.05. The third kappa shape index (κ3) is 3.15. The summed E-state index contributed by atoms with van der Waals surface area (Å²) in [6.45, 7) is 4.21. The number of thioether (sulfide) groups is 1. The molecule has 3 heterocycles. The average molecular weight is 346 g/mol. The number of aryl methyl sites for hydroxylation is 1. The van der Waals surface area contributed by atoms with Crippen LogP contribution in [0.15, 0.2) is 60.0 Å². The molecule has 25 heavy (non-hydrogen) atoms. The lowest BCUT2D eigenvalue weighted by Crippen LogP contribution is -1.91. The van der Waals surface area contributed by atoms with Crippen LogP contribution in [0.2, 0.25) is 0 Å². The van der Waals surface area contributed by atoms with Crippen molar-refractivity contribution in [2.75, 3.05) is 5.75 Å². The molecule has 0 amide bonds. The SMILES string of the molecule is CCSc1ccc2[nH]cc(-c3ncc(-c4cc(C)ccn4)cn3)c2c1. The molecule has 0 saturated carbocycles. The molecule has 4 nitrogen and oxygen atoms in total. The van der Waals surface area contributed by atoms with Crippen LogP contribution in [-0.2, 0) is 0 Å². The molecule has 3 aromatic heterocycles. The van der Waals surface area contributed by atoms with Gasteiger partial charge in [-0.2, -0.15) is 0 Å². The summed E-state index contributed by atoms with van der Waals surface area (Å²) in [5.74, 6) is 1.78. The molecular weight excluding hydrogens is 328 g/mol. The molecule has 0 aliphatic heterocycles. The molecule has 0 bridgehead atoms. The van der Waals surface area contributed by atoms with Crippen LogP contribution < -0.4 is 0 Å². The molecule has 0 atom stereocenters. The molecule has 0 aliphatic rings. The van der Waals surface area contributed by atoms with E-state index in [2.05, 4.69) is 52.0 Å². The largest absolute Gasteiger partial charge is 0.360 e. The van der Waals surface area contributed by atoms with E-state index in [1.54, 1.807) is 0 Å².